The molecule has 2 saturated heterocycles. The van der Waals surface area contributed by atoms with Gasteiger partial charge in [0.2, 0.25) is 0 Å². The highest BCUT2D eigenvalue weighted by molar-refractivity contribution is 5.93. The number of benzene rings is 1. The van der Waals surface area contributed by atoms with E-state index in [0.717, 1.165) is 74.6 Å². The summed E-state index contributed by atoms with van der Waals surface area (Å²) in [5.74, 6) is 0.669. The van der Waals surface area contributed by atoms with Gasteiger partial charge in [0, 0.05) is 54.9 Å². The van der Waals surface area contributed by atoms with E-state index in [1.54, 1.807) is 7.11 Å². The molecule has 10 heteroatoms. The van der Waals surface area contributed by atoms with Crippen LogP contribution in [-0.2, 0) is 5.41 Å². The van der Waals surface area contributed by atoms with Crippen LogP contribution in [0.5, 0.6) is 5.75 Å². The van der Waals surface area contributed by atoms with Crippen LogP contribution < -0.4 is 10.1 Å². The second-order valence-electron chi connectivity index (χ2n) is 11.6. The van der Waals surface area contributed by atoms with E-state index in [0.29, 0.717) is 17.4 Å². The predicted molar refractivity (Wildman–Crippen MR) is 149 cm³/mol. The Bertz CT molecular complexity index is 1270. The van der Waals surface area contributed by atoms with Gasteiger partial charge in [-0.25, -0.2) is 0 Å². The number of methoxy groups -OCH3 is 1. The number of H-pyrrole nitrogens is 2. The molecular formula is C29H39N7O3. The average molecular weight is 534 g/mol. The first-order valence-corrected chi connectivity index (χ1v) is 13.8. The summed E-state index contributed by atoms with van der Waals surface area (Å²) in [5, 5.41) is 17.6. The maximum absolute atomic E-state index is 13.1. The third-order valence-corrected chi connectivity index (χ3v) is 7.95. The van der Waals surface area contributed by atoms with E-state index in [-0.39, 0.29) is 23.3 Å². The molecule has 2 aromatic heterocycles. The number of nitrogens with one attached hydrogen (secondary N) is 3. The predicted octanol–water partition coefficient (Wildman–Crippen LogP) is 3.60. The van der Waals surface area contributed by atoms with Gasteiger partial charge in [0.15, 0.2) is 0 Å². The van der Waals surface area contributed by atoms with Crippen molar-refractivity contribution >= 4 is 11.8 Å². The molecule has 0 unspecified atom stereocenters. The number of hydrogen-bond donors (Lipinski definition) is 3. The lowest BCUT2D eigenvalue weighted by Crippen LogP contribution is -2.51. The molecule has 3 N–H and O–H groups in total. The van der Waals surface area contributed by atoms with E-state index in [2.05, 4.69) is 51.4 Å². The highest BCUT2D eigenvalue weighted by Crippen LogP contribution is 2.25. The maximum Gasteiger partial charge on any atom is 0.271 e. The molecule has 2 aliphatic rings. The molecule has 0 saturated carbocycles. The molecule has 0 bridgehead atoms. The largest absolute Gasteiger partial charge is 0.497 e. The first-order chi connectivity index (χ1) is 18.7. The van der Waals surface area contributed by atoms with Crippen molar-refractivity contribution in [2.24, 2.45) is 0 Å². The van der Waals surface area contributed by atoms with Crippen LogP contribution in [0.4, 0.5) is 0 Å². The third kappa shape index (κ3) is 6.16. The standard InChI is InChI=1S/C29H39N7O3/c1-29(2,3)26-18-24(32-34-26)27(37)30-20-9-13-35(14-10-20)21-11-15-36(16-12-21)28(38)25-17-23(31-33-25)19-5-7-22(39-4)8-6-19/h5-8,17-18,20-21H,9-16H2,1-4H3,(H,30,37)(H,31,33)(H,32,34). The molecular weight excluding hydrogens is 494 g/mol. The molecule has 2 aliphatic heterocycles. The second-order valence-corrected chi connectivity index (χ2v) is 11.6. The van der Waals surface area contributed by atoms with Gasteiger partial charge in [-0.15, -0.1) is 0 Å². The number of ether oxygens (including phenoxy) is 1. The van der Waals surface area contributed by atoms with E-state index in [9.17, 15) is 9.59 Å². The highest BCUT2D eigenvalue weighted by atomic mass is 16.5. The van der Waals surface area contributed by atoms with Gasteiger partial charge in [-0.05, 0) is 62.1 Å². The molecule has 2 fully saturated rings. The van der Waals surface area contributed by atoms with Crippen LogP contribution in [-0.4, -0.2) is 87.4 Å². The topological polar surface area (TPSA) is 119 Å². The number of amides is 2. The van der Waals surface area contributed by atoms with E-state index in [4.69, 9.17) is 4.74 Å². The number of aromatic amines is 2. The fourth-order valence-corrected chi connectivity index (χ4v) is 5.44. The van der Waals surface area contributed by atoms with Crippen LogP contribution in [0.25, 0.3) is 11.3 Å². The van der Waals surface area contributed by atoms with Gasteiger partial charge >= 0.3 is 0 Å². The molecule has 2 amide bonds. The van der Waals surface area contributed by atoms with E-state index in [1.807, 2.05) is 41.3 Å². The Balaban J connectivity index is 1.07. The minimum atomic E-state index is -0.110. The minimum absolute atomic E-state index is 0.00452. The van der Waals surface area contributed by atoms with Crippen molar-refractivity contribution in [2.45, 2.75) is 64.0 Å². The monoisotopic (exact) mass is 533 g/mol. The van der Waals surface area contributed by atoms with Crippen molar-refractivity contribution in [1.29, 1.82) is 0 Å². The van der Waals surface area contributed by atoms with E-state index >= 15 is 0 Å². The first-order valence-electron chi connectivity index (χ1n) is 13.8. The summed E-state index contributed by atoms with van der Waals surface area (Å²) < 4.78 is 5.21. The van der Waals surface area contributed by atoms with Crippen LogP contribution in [0.3, 0.4) is 0 Å². The van der Waals surface area contributed by atoms with Gasteiger partial charge < -0.3 is 19.9 Å². The summed E-state index contributed by atoms with van der Waals surface area (Å²) in [7, 11) is 1.64. The first kappa shape index (κ1) is 26.9. The lowest BCUT2D eigenvalue weighted by Gasteiger charge is -2.41. The van der Waals surface area contributed by atoms with Crippen molar-refractivity contribution in [3.05, 3.63) is 53.5 Å². The number of piperidine rings is 2. The number of carbonyl (C=O) groups excluding carboxylic acids is 2. The fourth-order valence-electron chi connectivity index (χ4n) is 5.44. The third-order valence-electron chi connectivity index (χ3n) is 7.95. The molecule has 4 heterocycles. The summed E-state index contributed by atoms with van der Waals surface area (Å²) in [6, 6.07) is 11.9. The lowest BCUT2D eigenvalue weighted by atomic mass is 9.92. The zero-order valence-corrected chi connectivity index (χ0v) is 23.3. The Labute approximate surface area is 229 Å². The summed E-state index contributed by atoms with van der Waals surface area (Å²) in [5.41, 5.74) is 3.53. The molecule has 3 aromatic rings. The summed E-state index contributed by atoms with van der Waals surface area (Å²) in [4.78, 5) is 30.3. The molecule has 0 aliphatic carbocycles. The van der Waals surface area contributed by atoms with E-state index < -0.39 is 0 Å². The van der Waals surface area contributed by atoms with Gasteiger partial charge in [-0.1, -0.05) is 20.8 Å². The lowest BCUT2D eigenvalue weighted by molar-refractivity contribution is 0.0561. The molecule has 5 rings (SSSR count). The van der Waals surface area contributed by atoms with Crippen molar-refractivity contribution in [3.8, 4) is 17.0 Å². The summed E-state index contributed by atoms with van der Waals surface area (Å²) in [6.07, 6.45) is 3.74. The number of hydrogen-bond acceptors (Lipinski definition) is 6. The van der Waals surface area contributed by atoms with Crippen LogP contribution in [0.2, 0.25) is 0 Å². The summed E-state index contributed by atoms with van der Waals surface area (Å²) >= 11 is 0. The Kier molecular flexibility index (Phi) is 7.74. The molecule has 10 nitrogen and oxygen atoms in total. The van der Waals surface area contributed by atoms with Crippen LogP contribution in [0.1, 0.15) is 73.1 Å². The Hall–Kier alpha value is -3.66. The average Bonchev–Trinajstić information content (AvgIpc) is 3.64. The zero-order valence-electron chi connectivity index (χ0n) is 23.3. The van der Waals surface area contributed by atoms with Crippen LogP contribution >= 0.6 is 0 Å². The van der Waals surface area contributed by atoms with Gasteiger partial charge in [0.1, 0.15) is 17.1 Å². The molecule has 0 atom stereocenters. The highest BCUT2D eigenvalue weighted by Gasteiger charge is 2.31. The maximum atomic E-state index is 13.1. The molecule has 1 aromatic carbocycles. The Morgan fingerprint density at radius 3 is 2.26 bits per heavy atom. The van der Waals surface area contributed by atoms with Gasteiger partial charge in [0.25, 0.3) is 11.8 Å². The number of likely N-dealkylation sites (tertiary alicyclic amines) is 2. The van der Waals surface area contributed by atoms with Crippen molar-refractivity contribution in [1.82, 2.24) is 35.5 Å². The van der Waals surface area contributed by atoms with Crippen molar-refractivity contribution < 1.29 is 14.3 Å². The number of carbonyl (C=O) groups is 2. The second kappa shape index (κ2) is 11.2. The smallest absolute Gasteiger partial charge is 0.271 e. The Morgan fingerprint density at radius 1 is 0.949 bits per heavy atom. The number of nitrogens with zero attached hydrogens (tertiary/aromatic N) is 4. The normalized spacial score (nSPS) is 17.8. The number of rotatable bonds is 6. The van der Waals surface area contributed by atoms with Crippen LogP contribution in [0, 0.1) is 0 Å². The van der Waals surface area contributed by atoms with Gasteiger partial charge in [-0.2, -0.15) is 10.2 Å². The molecule has 0 radical (unpaired) electrons. The fraction of sp³-hybridized carbons (Fsp3) is 0.517. The van der Waals surface area contributed by atoms with Crippen LogP contribution in [0.15, 0.2) is 36.4 Å². The van der Waals surface area contributed by atoms with Crippen molar-refractivity contribution in [2.75, 3.05) is 33.3 Å². The zero-order chi connectivity index (χ0) is 27.6. The molecule has 208 valence electrons. The van der Waals surface area contributed by atoms with Gasteiger partial charge in [-0.3, -0.25) is 19.8 Å². The molecule has 39 heavy (non-hydrogen) atoms. The number of aromatic nitrogens is 4. The van der Waals surface area contributed by atoms with Gasteiger partial charge in [0.05, 0.1) is 12.8 Å². The SMILES string of the molecule is COc1ccc(-c2cc(C(=O)N3CCC(N4CCC(NC(=O)c5cc(C(C)(C)C)[nH]n5)CC4)CC3)[nH]n2)cc1. The Morgan fingerprint density at radius 2 is 1.64 bits per heavy atom. The minimum Gasteiger partial charge on any atom is -0.497 e. The quantitative estimate of drug-likeness (QED) is 0.445. The van der Waals surface area contributed by atoms with E-state index in [1.165, 1.54) is 0 Å². The summed E-state index contributed by atoms with van der Waals surface area (Å²) in [6.45, 7) is 9.63. The van der Waals surface area contributed by atoms with Crippen molar-refractivity contribution in [3.63, 3.8) is 0 Å². The molecule has 0 spiro atoms.